The third kappa shape index (κ3) is 4.69. The Kier molecular flexibility index (Phi) is 6.39. The second-order valence-electron chi connectivity index (χ2n) is 7.43. The van der Waals surface area contributed by atoms with Gasteiger partial charge in [-0.25, -0.2) is 0 Å². The van der Waals surface area contributed by atoms with Gasteiger partial charge in [-0.1, -0.05) is 30.3 Å². The molecule has 1 amide bonds. The lowest BCUT2D eigenvalue weighted by molar-refractivity contribution is -0.907. The number of nitrogens with one attached hydrogen (secondary N) is 2. The Morgan fingerprint density at radius 1 is 1.00 bits per heavy atom. The molecule has 0 saturated carbocycles. The number of anilines is 1. The van der Waals surface area contributed by atoms with Gasteiger partial charge in [-0.2, -0.15) is 0 Å². The summed E-state index contributed by atoms with van der Waals surface area (Å²) in [4.78, 5) is 13.9. The van der Waals surface area contributed by atoms with Gasteiger partial charge in [0.1, 0.15) is 6.54 Å². The molecule has 5 heteroatoms. The monoisotopic (exact) mass is 393 g/mol. The van der Waals surface area contributed by atoms with Crippen molar-refractivity contribution in [3.8, 4) is 11.5 Å². The molecule has 0 radical (unpaired) electrons. The number of aryl methyl sites for hydroxylation is 1. The summed E-state index contributed by atoms with van der Waals surface area (Å²) in [5.74, 6) is 1.42. The summed E-state index contributed by atoms with van der Waals surface area (Å²) in [6.45, 7) is 4.70. The quantitative estimate of drug-likeness (QED) is 0.648. The topological polar surface area (TPSA) is 52.0 Å². The number of amides is 1. The Morgan fingerprint density at radius 3 is 2.34 bits per heavy atom. The first kappa shape index (κ1) is 20.7. The highest BCUT2D eigenvalue weighted by Crippen LogP contribution is 2.30. The molecule has 3 rings (SSSR count). The first-order valence-corrected chi connectivity index (χ1v) is 9.76. The number of carbonyl (C=O) groups excluding carboxylic acids is 1. The summed E-state index contributed by atoms with van der Waals surface area (Å²) in [5.41, 5.74) is 3.06. The first-order valence-electron chi connectivity index (χ1n) is 9.76. The SMILES string of the molecule is COc1cc(C)c(C[NH+](C)[C@H](C)C(=O)Nc2ccc3ccccc3c2)cc1OC. The molecule has 0 bridgehead atoms. The van der Waals surface area contributed by atoms with Crippen LogP contribution in [0, 0.1) is 6.92 Å². The average Bonchev–Trinajstić information content (AvgIpc) is 2.73. The van der Waals surface area contributed by atoms with E-state index < -0.39 is 0 Å². The first-order chi connectivity index (χ1) is 13.9. The standard InChI is InChI=1S/C24H28N2O3/c1-16-12-22(28-4)23(29-5)14-20(16)15-26(3)17(2)24(27)25-21-11-10-18-8-6-7-9-19(18)13-21/h6-14,17H,15H2,1-5H3,(H,25,27)/p+1/t17-/m1/s1. The predicted molar refractivity (Wildman–Crippen MR) is 117 cm³/mol. The molecule has 0 heterocycles. The van der Waals surface area contributed by atoms with Crippen LogP contribution in [0.2, 0.25) is 0 Å². The van der Waals surface area contributed by atoms with Crippen LogP contribution in [0.15, 0.2) is 54.6 Å². The largest absolute Gasteiger partial charge is 0.493 e. The maximum Gasteiger partial charge on any atom is 0.282 e. The van der Waals surface area contributed by atoms with E-state index >= 15 is 0 Å². The Hall–Kier alpha value is -3.05. The fourth-order valence-electron chi connectivity index (χ4n) is 3.41. The smallest absolute Gasteiger partial charge is 0.282 e. The Balaban J connectivity index is 1.70. The predicted octanol–water partition coefficient (Wildman–Crippen LogP) is 3.21. The van der Waals surface area contributed by atoms with Gasteiger partial charge in [0.25, 0.3) is 5.91 Å². The third-order valence-corrected chi connectivity index (χ3v) is 5.46. The number of carbonyl (C=O) groups is 1. The summed E-state index contributed by atoms with van der Waals surface area (Å²) in [6, 6.07) is 17.9. The van der Waals surface area contributed by atoms with E-state index in [9.17, 15) is 4.79 Å². The Morgan fingerprint density at radius 2 is 1.66 bits per heavy atom. The number of benzene rings is 3. The van der Waals surface area contributed by atoms with Gasteiger partial charge in [0, 0.05) is 11.3 Å². The molecule has 0 spiro atoms. The molecule has 0 saturated heterocycles. The number of ether oxygens (including phenoxy) is 2. The number of rotatable bonds is 7. The lowest BCUT2D eigenvalue weighted by Crippen LogP contribution is -3.12. The summed E-state index contributed by atoms with van der Waals surface area (Å²) >= 11 is 0. The van der Waals surface area contributed by atoms with Crippen LogP contribution in [-0.2, 0) is 11.3 Å². The molecule has 1 unspecified atom stereocenters. The van der Waals surface area contributed by atoms with Gasteiger partial charge in [-0.3, -0.25) is 4.79 Å². The molecule has 0 fully saturated rings. The summed E-state index contributed by atoms with van der Waals surface area (Å²) < 4.78 is 10.8. The zero-order valence-electron chi connectivity index (χ0n) is 17.7. The van der Waals surface area contributed by atoms with E-state index in [2.05, 4.69) is 11.4 Å². The molecular formula is C24H29N2O3+. The van der Waals surface area contributed by atoms with Gasteiger partial charge >= 0.3 is 0 Å². The van der Waals surface area contributed by atoms with Gasteiger partial charge in [0.2, 0.25) is 0 Å². The van der Waals surface area contributed by atoms with Crippen LogP contribution in [0.3, 0.4) is 0 Å². The van der Waals surface area contributed by atoms with Crippen LogP contribution in [0.1, 0.15) is 18.1 Å². The van der Waals surface area contributed by atoms with E-state index in [0.29, 0.717) is 18.0 Å². The van der Waals surface area contributed by atoms with Crippen LogP contribution >= 0.6 is 0 Å². The normalized spacial score (nSPS) is 13.0. The molecule has 152 valence electrons. The third-order valence-electron chi connectivity index (χ3n) is 5.46. The number of hydrogen-bond donors (Lipinski definition) is 2. The number of fused-ring (bicyclic) bond motifs is 1. The van der Waals surface area contributed by atoms with Crippen molar-refractivity contribution < 1.29 is 19.2 Å². The Bertz CT molecular complexity index is 1020. The van der Waals surface area contributed by atoms with Crippen LogP contribution in [0.5, 0.6) is 11.5 Å². The zero-order valence-corrected chi connectivity index (χ0v) is 17.7. The van der Waals surface area contributed by atoms with Crippen molar-refractivity contribution in [3.63, 3.8) is 0 Å². The molecule has 3 aromatic carbocycles. The van der Waals surface area contributed by atoms with Crippen LogP contribution < -0.4 is 19.7 Å². The Labute approximate surface area is 172 Å². The van der Waals surface area contributed by atoms with E-state index in [1.807, 2.05) is 69.4 Å². The van der Waals surface area contributed by atoms with Gasteiger partial charge in [0.05, 0.1) is 21.3 Å². The molecule has 2 atom stereocenters. The van der Waals surface area contributed by atoms with Crippen molar-refractivity contribution in [2.24, 2.45) is 0 Å². The van der Waals surface area contributed by atoms with Gasteiger partial charge < -0.3 is 19.7 Å². The highest BCUT2D eigenvalue weighted by atomic mass is 16.5. The minimum atomic E-state index is -0.214. The molecule has 29 heavy (non-hydrogen) atoms. The van der Waals surface area contributed by atoms with Crippen molar-refractivity contribution in [2.45, 2.75) is 26.4 Å². The van der Waals surface area contributed by atoms with Crippen molar-refractivity contribution in [2.75, 3.05) is 26.6 Å². The molecule has 5 nitrogen and oxygen atoms in total. The van der Waals surface area contributed by atoms with Crippen molar-refractivity contribution in [3.05, 3.63) is 65.7 Å². The summed E-state index contributed by atoms with van der Waals surface area (Å²) in [6.07, 6.45) is 0. The van der Waals surface area contributed by atoms with Gasteiger partial charge in [0.15, 0.2) is 17.5 Å². The van der Waals surface area contributed by atoms with E-state index in [1.54, 1.807) is 14.2 Å². The number of methoxy groups -OCH3 is 2. The second kappa shape index (κ2) is 8.97. The summed E-state index contributed by atoms with van der Waals surface area (Å²) in [5, 5.41) is 5.32. The highest BCUT2D eigenvalue weighted by molar-refractivity contribution is 5.96. The molecule has 0 aromatic heterocycles. The van der Waals surface area contributed by atoms with Gasteiger partial charge in [-0.05, 0) is 54.4 Å². The lowest BCUT2D eigenvalue weighted by atomic mass is 10.1. The van der Waals surface area contributed by atoms with Crippen LogP contribution in [0.25, 0.3) is 10.8 Å². The number of quaternary nitrogens is 1. The molecule has 2 N–H and O–H groups in total. The minimum absolute atomic E-state index is 0.00379. The van der Waals surface area contributed by atoms with Gasteiger partial charge in [-0.15, -0.1) is 0 Å². The van der Waals surface area contributed by atoms with Crippen molar-refractivity contribution in [1.82, 2.24) is 0 Å². The lowest BCUT2D eigenvalue weighted by Gasteiger charge is -2.22. The number of hydrogen-bond acceptors (Lipinski definition) is 3. The average molecular weight is 394 g/mol. The molecule has 0 aliphatic heterocycles. The molecule has 0 aliphatic carbocycles. The maximum absolute atomic E-state index is 12.8. The van der Waals surface area contributed by atoms with Crippen molar-refractivity contribution >= 4 is 22.4 Å². The molecule has 3 aromatic rings. The number of likely N-dealkylation sites (N-methyl/N-ethyl adjacent to an activating group) is 1. The van der Waals surface area contributed by atoms with E-state index in [1.165, 1.54) is 0 Å². The van der Waals surface area contributed by atoms with E-state index in [4.69, 9.17) is 9.47 Å². The zero-order chi connectivity index (χ0) is 21.0. The van der Waals surface area contributed by atoms with Crippen molar-refractivity contribution in [1.29, 1.82) is 0 Å². The van der Waals surface area contributed by atoms with Crippen LogP contribution in [-0.4, -0.2) is 33.2 Å². The minimum Gasteiger partial charge on any atom is -0.493 e. The van der Waals surface area contributed by atoms with E-state index in [0.717, 1.165) is 32.5 Å². The maximum atomic E-state index is 12.8. The fourth-order valence-corrected chi connectivity index (χ4v) is 3.41. The highest BCUT2D eigenvalue weighted by Gasteiger charge is 2.23. The van der Waals surface area contributed by atoms with Crippen LogP contribution in [0.4, 0.5) is 5.69 Å². The summed E-state index contributed by atoms with van der Waals surface area (Å²) in [7, 11) is 5.29. The fraction of sp³-hybridized carbons (Fsp3) is 0.292. The molecule has 0 aliphatic rings. The molecular weight excluding hydrogens is 364 g/mol. The van der Waals surface area contributed by atoms with E-state index in [-0.39, 0.29) is 11.9 Å². The second-order valence-corrected chi connectivity index (χ2v) is 7.43.